The predicted molar refractivity (Wildman–Crippen MR) is 286 cm³/mol. The highest BCUT2D eigenvalue weighted by Crippen LogP contribution is 2.43. The van der Waals surface area contributed by atoms with Crippen LogP contribution in [0.4, 0.5) is 0 Å². The minimum absolute atomic E-state index is 0.0652. The molecular formula is C57H116N2O6P+. The second-order valence-corrected chi connectivity index (χ2v) is 22.8. The number of phosphoric ester groups is 1. The molecule has 0 spiro atoms. The molecule has 0 saturated carbocycles. The summed E-state index contributed by atoms with van der Waals surface area (Å²) in [5.74, 6) is -0.170. The molecule has 0 rings (SSSR count). The Kier molecular flexibility index (Phi) is 48.7. The van der Waals surface area contributed by atoms with E-state index in [1.165, 1.54) is 244 Å². The Morgan fingerprint density at radius 3 is 1.12 bits per heavy atom. The largest absolute Gasteiger partial charge is 0.472 e. The van der Waals surface area contributed by atoms with Gasteiger partial charge in [0.2, 0.25) is 5.91 Å². The summed E-state index contributed by atoms with van der Waals surface area (Å²) in [5, 5.41) is 14.0. The minimum atomic E-state index is -4.34. The van der Waals surface area contributed by atoms with Crippen LogP contribution in [0.3, 0.4) is 0 Å². The second kappa shape index (κ2) is 49.2. The van der Waals surface area contributed by atoms with Crippen molar-refractivity contribution in [1.29, 1.82) is 0 Å². The van der Waals surface area contributed by atoms with Crippen molar-refractivity contribution in [3.05, 3.63) is 12.2 Å². The van der Waals surface area contributed by atoms with Gasteiger partial charge in [-0.05, 0) is 19.3 Å². The summed E-state index contributed by atoms with van der Waals surface area (Å²) in [6.45, 7) is 4.87. The van der Waals surface area contributed by atoms with Crippen molar-refractivity contribution in [2.45, 2.75) is 309 Å². The molecule has 9 heteroatoms. The van der Waals surface area contributed by atoms with Gasteiger partial charge in [0.1, 0.15) is 13.2 Å². The van der Waals surface area contributed by atoms with Crippen molar-refractivity contribution >= 4 is 13.7 Å². The van der Waals surface area contributed by atoms with Crippen LogP contribution in [0.5, 0.6) is 0 Å². The van der Waals surface area contributed by atoms with Gasteiger partial charge in [-0.3, -0.25) is 13.8 Å². The predicted octanol–water partition coefficient (Wildman–Crippen LogP) is 17.4. The Labute approximate surface area is 412 Å². The highest BCUT2D eigenvalue weighted by Gasteiger charge is 2.27. The first-order valence-electron chi connectivity index (χ1n) is 29.1. The lowest BCUT2D eigenvalue weighted by molar-refractivity contribution is -0.870. The normalized spacial score (nSPS) is 14.0. The number of likely N-dealkylation sites (N-methyl/N-ethyl adjacent to an activating group) is 1. The lowest BCUT2D eigenvalue weighted by atomic mass is 10.0. The van der Waals surface area contributed by atoms with E-state index in [2.05, 4.69) is 19.2 Å². The smallest absolute Gasteiger partial charge is 0.387 e. The Morgan fingerprint density at radius 2 is 0.803 bits per heavy atom. The summed E-state index contributed by atoms with van der Waals surface area (Å²) < 4.78 is 23.7. The summed E-state index contributed by atoms with van der Waals surface area (Å²) >= 11 is 0. The molecule has 3 unspecified atom stereocenters. The van der Waals surface area contributed by atoms with Gasteiger partial charge in [0, 0.05) is 6.42 Å². The van der Waals surface area contributed by atoms with E-state index in [-0.39, 0.29) is 19.1 Å². The molecule has 0 aliphatic carbocycles. The molecule has 0 saturated heterocycles. The van der Waals surface area contributed by atoms with Crippen LogP contribution >= 0.6 is 7.82 Å². The molecule has 0 aromatic rings. The molecule has 0 aromatic heterocycles. The Bertz CT molecular complexity index is 1080. The van der Waals surface area contributed by atoms with E-state index in [1.807, 2.05) is 27.2 Å². The maximum absolute atomic E-state index is 13.0. The number of carbonyl (C=O) groups excluding carboxylic acids is 1. The Balaban J connectivity index is 4.18. The first-order chi connectivity index (χ1) is 32.0. The van der Waals surface area contributed by atoms with Crippen LogP contribution in [0.1, 0.15) is 296 Å². The van der Waals surface area contributed by atoms with E-state index in [1.54, 1.807) is 6.08 Å². The van der Waals surface area contributed by atoms with E-state index in [0.29, 0.717) is 17.4 Å². The maximum Gasteiger partial charge on any atom is 0.472 e. The fourth-order valence-corrected chi connectivity index (χ4v) is 9.66. The van der Waals surface area contributed by atoms with Crippen molar-refractivity contribution in [3.63, 3.8) is 0 Å². The van der Waals surface area contributed by atoms with Crippen molar-refractivity contribution in [2.24, 2.45) is 0 Å². The molecule has 0 fully saturated rings. The monoisotopic (exact) mass is 956 g/mol. The number of quaternary nitrogens is 1. The Hall–Kier alpha value is -0.760. The van der Waals surface area contributed by atoms with Crippen molar-refractivity contribution in [3.8, 4) is 0 Å². The van der Waals surface area contributed by atoms with E-state index < -0.39 is 20.0 Å². The van der Waals surface area contributed by atoms with Crippen LogP contribution in [-0.4, -0.2) is 73.4 Å². The number of allylic oxidation sites excluding steroid dienone is 1. The zero-order valence-electron chi connectivity index (χ0n) is 45.0. The van der Waals surface area contributed by atoms with Gasteiger partial charge in [0.25, 0.3) is 0 Å². The topological polar surface area (TPSA) is 105 Å². The number of phosphoric acid groups is 1. The van der Waals surface area contributed by atoms with E-state index in [0.717, 1.165) is 32.1 Å². The van der Waals surface area contributed by atoms with Gasteiger partial charge in [-0.15, -0.1) is 0 Å². The molecule has 66 heavy (non-hydrogen) atoms. The molecular weight excluding hydrogens is 840 g/mol. The lowest BCUT2D eigenvalue weighted by Gasteiger charge is -2.25. The zero-order chi connectivity index (χ0) is 48.5. The van der Waals surface area contributed by atoms with Gasteiger partial charge in [-0.2, -0.15) is 0 Å². The van der Waals surface area contributed by atoms with Crippen LogP contribution in [0.25, 0.3) is 0 Å². The van der Waals surface area contributed by atoms with Gasteiger partial charge in [0.05, 0.1) is 39.9 Å². The van der Waals surface area contributed by atoms with E-state index >= 15 is 0 Å². The van der Waals surface area contributed by atoms with Crippen molar-refractivity contribution in [2.75, 3.05) is 40.9 Å². The second-order valence-electron chi connectivity index (χ2n) is 21.4. The minimum Gasteiger partial charge on any atom is -0.387 e. The summed E-state index contributed by atoms with van der Waals surface area (Å²) in [4.78, 5) is 23.3. The van der Waals surface area contributed by atoms with Gasteiger partial charge >= 0.3 is 7.82 Å². The van der Waals surface area contributed by atoms with Crippen LogP contribution in [-0.2, 0) is 18.4 Å². The van der Waals surface area contributed by atoms with Gasteiger partial charge in [-0.25, -0.2) is 4.57 Å². The van der Waals surface area contributed by atoms with Gasteiger partial charge in [-0.1, -0.05) is 283 Å². The number of carbonyl (C=O) groups is 1. The van der Waals surface area contributed by atoms with Crippen molar-refractivity contribution in [1.82, 2.24) is 5.32 Å². The third-order valence-corrected chi connectivity index (χ3v) is 14.5. The molecule has 0 aliphatic rings. The molecule has 394 valence electrons. The number of aliphatic hydroxyl groups is 1. The summed E-state index contributed by atoms with van der Waals surface area (Å²) in [5.41, 5.74) is 0. The van der Waals surface area contributed by atoms with Gasteiger partial charge in [0.15, 0.2) is 0 Å². The van der Waals surface area contributed by atoms with Crippen LogP contribution in [0.2, 0.25) is 0 Å². The third kappa shape index (κ3) is 51.1. The summed E-state index contributed by atoms with van der Waals surface area (Å²) in [6.07, 6.45) is 60.2. The molecule has 0 heterocycles. The highest BCUT2D eigenvalue weighted by molar-refractivity contribution is 7.47. The fraction of sp³-hybridized carbons (Fsp3) is 0.947. The van der Waals surface area contributed by atoms with E-state index in [9.17, 15) is 19.4 Å². The zero-order valence-corrected chi connectivity index (χ0v) is 45.9. The summed E-state index contributed by atoms with van der Waals surface area (Å²) in [7, 11) is 1.59. The average molecular weight is 957 g/mol. The number of hydrogen-bond donors (Lipinski definition) is 3. The number of unbranched alkanes of at least 4 members (excludes halogenated alkanes) is 41. The number of nitrogens with one attached hydrogen (secondary N) is 1. The number of rotatable bonds is 54. The molecule has 3 N–H and O–H groups in total. The molecule has 0 bridgehead atoms. The highest BCUT2D eigenvalue weighted by atomic mass is 31.2. The number of hydrogen-bond acceptors (Lipinski definition) is 5. The first-order valence-corrected chi connectivity index (χ1v) is 30.6. The maximum atomic E-state index is 13.0. The van der Waals surface area contributed by atoms with Crippen LogP contribution in [0, 0.1) is 0 Å². The van der Waals surface area contributed by atoms with Crippen LogP contribution in [0.15, 0.2) is 12.2 Å². The number of aliphatic hydroxyl groups excluding tert-OH is 1. The van der Waals surface area contributed by atoms with Gasteiger partial charge < -0.3 is 19.8 Å². The summed E-state index contributed by atoms with van der Waals surface area (Å²) in [6, 6.07) is -0.842. The quantitative estimate of drug-likeness (QED) is 0.0243. The standard InChI is InChI=1S/C57H115N2O6P/c1-6-8-10-12-14-16-18-20-22-24-26-28-29-30-31-32-34-36-38-40-42-44-46-48-50-56(60)55(54-65-66(62,63)64-53-52-59(3,4)5)58-57(61)51-49-47-45-43-41-39-37-35-33-27-25-23-21-19-17-15-13-11-9-7-2/h48,50,55-56,60H,6-47,49,51-54H2,1-5H3,(H-,58,61,62,63)/p+1/b50-48+. The SMILES string of the molecule is CCCCCCCCCCCCCCCCCCCCCCCC/C=C/C(O)C(COP(=O)(O)OCC[N+](C)(C)C)NC(=O)CCCCCCCCCCCCCCCCCCCCCC. The van der Waals surface area contributed by atoms with Crippen LogP contribution < -0.4 is 5.32 Å². The third-order valence-electron chi connectivity index (χ3n) is 13.5. The molecule has 0 aliphatic heterocycles. The first kappa shape index (κ1) is 65.2. The molecule has 3 atom stereocenters. The Morgan fingerprint density at radius 1 is 0.500 bits per heavy atom. The molecule has 0 radical (unpaired) electrons. The number of nitrogens with zero attached hydrogens (tertiary/aromatic N) is 1. The fourth-order valence-electron chi connectivity index (χ4n) is 8.93. The molecule has 0 aromatic carbocycles. The van der Waals surface area contributed by atoms with Crippen molar-refractivity contribution < 1.29 is 32.9 Å². The number of amides is 1. The average Bonchev–Trinajstić information content (AvgIpc) is 3.28. The molecule has 8 nitrogen and oxygen atoms in total. The molecule has 1 amide bonds. The van der Waals surface area contributed by atoms with E-state index in [4.69, 9.17) is 9.05 Å². The lowest BCUT2D eigenvalue weighted by Crippen LogP contribution is -2.45.